The number of nitrogens with zero attached hydrogens (tertiary/aromatic N) is 3. The predicted octanol–water partition coefficient (Wildman–Crippen LogP) is 1.37. The third-order valence-corrected chi connectivity index (χ3v) is 3.14. The average molecular weight is 247 g/mol. The van der Waals surface area contributed by atoms with Crippen LogP contribution in [0.2, 0.25) is 0 Å². The van der Waals surface area contributed by atoms with Crippen molar-refractivity contribution in [2.75, 3.05) is 31.1 Å². The van der Waals surface area contributed by atoms with E-state index in [1.165, 1.54) is 13.0 Å². The molecule has 5 heteroatoms. The molecule has 1 aliphatic heterocycles. The molecule has 0 spiro atoms. The van der Waals surface area contributed by atoms with E-state index in [1.54, 1.807) is 17.0 Å². The SMILES string of the molecule is CC(=O)N1CCN(c2ccc(C#N)cc2F)CC1. The first-order chi connectivity index (χ1) is 8.61. The summed E-state index contributed by atoms with van der Waals surface area (Å²) in [6, 6.07) is 6.38. The maximum Gasteiger partial charge on any atom is 0.219 e. The van der Waals surface area contributed by atoms with Gasteiger partial charge in [0.25, 0.3) is 0 Å². The maximum absolute atomic E-state index is 13.8. The highest BCUT2D eigenvalue weighted by Crippen LogP contribution is 2.21. The second-order valence-corrected chi connectivity index (χ2v) is 4.27. The van der Waals surface area contributed by atoms with Crippen LogP contribution >= 0.6 is 0 Å². The van der Waals surface area contributed by atoms with Crippen LogP contribution in [0.15, 0.2) is 18.2 Å². The quantitative estimate of drug-likeness (QED) is 0.753. The lowest BCUT2D eigenvalue weighted by molar-refractivity contribution is -0.129. The van der Waals surface area contributed by atoms with Crippen LogP contribution in [0.3, 0.4) is 0 Å². The molecule has 94 valence electrons. The number of nitriles is 1. The van der Waals surface area contributed by atoms with Gasteiger partial charge in [-0.3, -0.25) is 4.79 Å². The van der Waals surface area contributed by atoms with Gasteiger partial charge in [-0.15, -0.1) is 0 Å². The van der Waals surface area contributed by atoms with E-state index < -0.39 is 0 Å². The molecular weight excluding hydrogens is 233 g/mol. The number of rotatable bonds is 1. The molecule has 0 atom stereocenters. The zero-order valence-electron chi connectivity index (χ0n) is 10.2. The number of carbonyl (C=O) groups excluding carboxylic acids is 1. The fourth-order valence-electron chi connectivity index (χ4n) is 2.10. The highest BCUT2D eigenvalue weighted by atomic mass is 19.1. The minimum atomic E-state index is -0.384. The number of hydrogen-bond acceptors (Lipinski definition) is 3. The van der Waals surface area contributed by atoms with Crippen molar-refractivity contribution in [2.45, 2.75) is 6.92 Å². The van der Waals surface area contributed by atoms with Crippen LogP contribution in [-0.2, 0) is 4.79 Å². The number of anilines is 1. The normalized spacial score (nSPS) is 15.4. The first-order valence-corrected chi connectivity index (χ1v) is 5.82. The Hall–Kier alpha value is -2.09. The molecule has 1 amide bonds. The second kappa shape index (κ2) is 5.05. The minimum Gasteiger partial charge on any atom is -0.366 e. The summed E-state index contributed by atoms with van der Waals surface area (Å²) in [5.74, 6) is -0.333. The van der Waals surface area contributed by atoms with E-state index in [1.807, 2.05) is 11.0 Å². The third kappa shape index (κ3) is 2.43. The summed E-state index contributed by atoms with van der Waals surface area (Å²) in [6.45, 7) is 3.98. The molecule has 0 aromatic heterocycles. The Morgan fingerprint density at radius 2 is 2.00 bits per heavy atom. The third-order valence-electron chi connectivity index (χ3n) is 3.14. The molecule has 1 fully saturated rings. The Labute approximate surface area is 105 Å². The monoisotopic (exact) mass is 247 g/mol. The van der Waals surface area contributed by atoms with Crippen molar-refractivity contribution in [3.05, 3.63) is 29.6 Å². The van der Waals surface area contributed by atoms with Gasteiger partial charge in [0.05, 0.1) is 17.3 Å². The number of halogens is 1. The van der Waals surface area contributed by atoms with Gasteiger partial charge in [0.1, 0.15) is 5.82 Å². The van der Waals surface area contributed by atoms with Gasteiger partial charge in [0, 0.05) is 33.1 Å². The summed E-state index contributed by atoms with van der Waals surface area (Å²) in [5, 5.41) is 8.68. The molecule has 0 unspecified atom stereocenters. The molecule has 0 radical (unpaired) electrons. The summed E-state index contributed by atoms with van der Waals surface area (Å²) in [6.07, 6.45) is 0. The Morgan fingerprint density at radius 1 is 1.33 bits per heavy atom. The molecule has 4 nitrogen and oxygen atoms in total. The largest absolute Gasteiger partial charge is 0.366 e. The van der Waals surface area contributed by atoms with E-state index in [2.05, 4.69) is 0 Å². The fraction of sp³-hybridized carbons (Fsp3) is 0.385. The number of carbonyl (C=O) groups is 1. The summed E-state index contributed by atoms with van der Waals surface area (Å²) in [4.78, 5) is 14.8. The lowest BCUT2D eigenvalue weighted by Gasteiger charge is -2.35. The molecule has 0 N–H and O–H groups in total. The topological polar surface area (TPSA) is 47.3 Å². The van der Waals surface area contributed by atoms with Crippen molar-refractivity contribution >= 4 is 11.6 Å². The van der Waals surface area contributed by atoms with E-state index in [0.29, 0.717) is 37.4 Å². The van der Waals surface area contributed by atoms with Crippen LogP contribution in [0.1, 0.15) is 12.5 Å². The maximum atomic E-state index is 13.8. The molecule has 1 saturated heterocycles. The van der Waals surface area contributed by atoms with Gasteiger partial charge in [-0.25, -0.2) is 4.39 Å². The first kappa shape index (κ1) is 12.4. The van der Waals surface area contributed by atoms with E-state index in [9.17, 15) is 9.18 Å². The van der Waals surface area contributed by atoms with Crippen LogP contribution in [0.4, 0.5) is 10.1 Å². The molecule has 1 aliphatic rings. The molecule has 1 aromatic rings. The Kier molecular flexibility index (Phi) is 3.47. The standard InChI is InChI=1S/C13H14FN3O/c1-10(18)16-4-6-17(7-5-16)13-3-2-11(9-15)8-12(13)14/h2-3,8H,4-7H2,1H3. The first-order valence-electron chi connectivity index (χ1n) is 5.82. The number of benzene rings is 1. The lowest BCUT2D eigenvalue weighted by Crippen LogP contribution is -2.48. The fourth-order valence-corrected chi connectivity index (χ4v) is 2.10. The lowest BCUT2D eigenvalue weighted by atomic mass is 10.2. The molecule has 0 saturated carbocycles. The number of hydrogen-bond donors (Lipinski definition) is 0. The van der Waals surface area contributed by atoms with E-state index in [0.717, 1.165) is 0 Å². The van der Waals surface area contributed by atoms with Crippen molar-refractivity contribution in [2.24, 2.45) is 0 Å². The zero-order valence-corrected chi connectivity index (χ0v) is 10.2. The Morgan fingerprint density at radius 3 is 2.50 bits per heavy atom. The van der Waals surface area contributed by atoms with Gasteiger partial charge >= 0.3 is 0 Å². The van der Waals surface area contributed by atoms with Crippen molar-refractivity contribution in [3.8, 4) is 6.07 Å². The molecule has 0 aliphatic carbocycles. The van der Waals surface area contributed by atoms with Gasteiger partial charge in [-0.2, -0.15) is 5.26 Å². The van der Waals surface area contributed by atoms with E-state index >= 15 is 0 Å². The summed E-state index contributed by atoms with van der Waals surface area (Å²) in [5.41, 5.74) is 0.816. The number of piperazine rings is 1. The molecule has 18 heavy (non-hydrogen) atoms. The summed E-state index contributed by atoms with van der Waals surface area (Å²) in [7, 11) is 0. The minimum absolute atomic E-state index is 0.0509. The molecule has 1 heterocycles. The predicted molar refractivity (Wildman–Crippen MR) is 65.6 cm³/mol. The van der Waals surface area contributed by atoms with Gasteiger partial charge in [0.2, 0.25) is 5.91 Å². The van der Waals surface area contributed by atoms with Crippen molar-refractivity contribution in [1.82, 2.24) is 4.90 Å². The van der Waals surface area contributed by atoms with Gasteiger partial charge in [0.15, 0.2) is 0 Å². The van der Waals surface area contributed by atoms with Crippen molar-refractivity contribution in [1.29, 1.82) is 5.26 Å². The smallest absolute Gasteiger partial charge is 0.219 e. The second-order valence-electron chi connectivity index (χ2n) is 4.27. The van der Waals surface area contributed by atoms with Crippen LogP contribution in [0, 0.1) is 17.1 Å². The van der Waals surface area contributed by atoms with Crippen LogP contribution in [-0.4, -0.2) is 37.0 Å². The highest BCUT2D eigenvalue weighted by molar-refractivity contribution is 5.73. The summed E-state index contributed by atoms with van der Waals surface area (Å²) >= 11 is 0. The molecule has 0 bridgehead atoms. The van der Waals surface area contributed by atoms with Gasteiger partial charge in [-0.05, 0) is 18.2 Å². The highest BCUT2D eigenvalue weighted by Gasteiger charge is 2.20. The zero-order chi connectivity index (χ0) is 13.1. The van der Waals surface area contributed by atoms with Crippen LogP contribution in [0.5, 0.6) is 0 Å². The van der Waals surface area contributed by atoms with Gasteiger partial charge in [-0.1, -0.05) is 0 Å². The van der Waals surface area contributed by atoms with E-state index in [-0.39, 0.29) is 11.7 Å². The molecular formula is C13H14FN3O. The van der Waals surface area contributed by atoms with Gasteiger partial charge < -0.3 is 9.80 Å². The average Bonchev–Trinajstić information content (AvgIpc) is 2.38. The Bertz CT molecular complexity index is 501. The van der Waals surface area contributed by atoms with Crippen molar-refractivity contribution < 1.29 is 9.18 Å². The Balaban J connectivity index is 2.10. The van der Waals surface area contributed by atoms with Crippen molar-refractivity contribution in [3.63, 3.8) is 0 Å². The summed E-state index contributed by atoms with van der Waals surface area (Å²) < 4.78 is 13.8. The van der Waals surface area contributed by atoms with Crippen LogP contribution < -0.4 is 4.90 Å². The number of amides is 1. The van der Waals surface area contributed by atoms with E-state index in [4.69, 9.17) is 5.26 Å². The van der Waals surface area contributed by atoms with Crippen LogP contribution in [0.25, 0.3) is 0 Å². The molecule has 2 rings (SSSR count). The molecule has 1 aromatic carbocycles.